The van der Waals surface area contributed by atoms with Crippen molar-refractivity contribution in [1.29, 1.82) is 0 Å². The fourth-order valence-electron chi connectivity index (χ4n) is 2.16. The van der Waals surface area contributed by atoms with E-state index in [9.17, 15) is 13.2 Å². The molecule has 1 N–H and O–H groups in total. The monoisotopic (exact) mass is 416 g/mol. The van der Waals surface area contributed by atoms with Gasteiger partial charge >= 0.3 is 0 Å². The van der Waals surface area contributed by atoms with Crippen LogP contribution in [-0.2, 0) is 16.6 Å². The summed E-state index contributed by atoms with van der Waals surface area (Å²) in [6, 6.07) is 9.19. The second-order valence-electron chi connectivity index (χ2n) is 5.57. The standard InChI is InChI=1S/C17H18Cl2N2O4S/c1-21(2)26(23,24)16-8-11(5-7-15(16)25-3)17(22)20-10-12-4-6-13(18)9-14(12)19/h4-9H,10H2,1-3H3,(H,20,22). The molecule has 0 spiro atoms. The van der Waals surface area contributed by atoms with E-state index in [0.29, 0.717) is 15.6 Å². The number of hydrogen-bond donors (Lipinski definition) is 1. The van der Waals surface area contributed by atoms with Crippen molar-refractivity contribution in [3.8, 4) is 5.75 Å². The maximum atomic E-state index is 12.4. The molecule has 0 saturated carbocycles. The van der Waals surface area contributed by atoms with Gasteiger partial charge in [-0.15, -0.1) is 0 Å². The highest BCUT2D eigenvalue weighted by Crippen LogP contribution is 2.27. The van der Waals surface area contributed by atoms with Crippen molar-refractivity contribution in [3.05, 3.63) is 57.6 Å². The Morgan fingerprint density at radius 1 is 1.15 bits per heavy atom. The first kappa shape index (κ1) is 20.5. The molecule has 0 aromatic heterocycles. The molecule has 0 saturated heterocycles. The zero-order valence-electron chi connectivity index (χ0n) is 14.4. The van der Waals surface area contributed by atoms with Crippen LogP contribution in [0.15, 0.2) is 41.3 Å². The third kappa shape index (κ3) is 4.48. The first-order valence-electron chi connectivity index (χ1n) is 7.49. The Morgan fingerprint density at radius 3 is 2.42 bits per heavy atom. The molecule has 2 aromatic carbocycles. The van der Waals surface area contributed by atoms with Gasteiger partial charge in [-0.3, -0.25) is 4.79 Å². The second kappa shape index (κ2) is 8.26. The van der Waals surface area contributed by atoms with E-state index in [1.807, 2.05) is 0 Å². The predicted molar refractivity (Wildman–Crippen MR) is 101 cm³/mol. The molecule has 0 bridgehead atoms. The largest absolute Gasteiger partial charge is 0.495 e. The zero-order chi connectivity index (χ0) is 19.5. The number of halogens is 2. The summed E-state index contributed by atoms with van der Waals surface area (Å²) in [5, 5.41) is 3.64. The van der Waals surface area contributed by atoms with Crippen LogP contribution < -0.4 is 10.1 Å². The van der Waals surface area contributed by atoms with E-state index in [4.69, 9.17) is 27.9 Å². The van der Waals surface area contributed by atoms with Gasteiger partial charge in [-0.05, 0) is 35.9 Å². The molecule has 0 heterocycles. The quantitative estimate of drug-likeness (QED) is 0.784. The molecule has 0 aliphatic carbocycles. The summed E-state index contributed by atoms with van der Waals surface area (Å²) in [7, 11) is 0.419. The number of amides is 1. The third-order valence-electron chi connectivity index (χ3n) is 3.64. The molecular weight excluding hydrogens is 399 g/mol. The molecule has 0 radical (unpaired) electrons. The Bertz CT molecular complexity index is 930. The van der Waals surface area contributed by atoms with E-state index in [2.05, 4.69) is 5.32 Å². The van der Waals surface area contributed by atoms with Crippen LogP contribution in [-0.4, -0.2) is 39.8 Å². The fraction of sp³-hybridized carbons (Fsp3) is 0.235. The number of rotatable bonds is 6. The highest BCUT2D eigenvalue weighted by atomic mass is 35.5. The Kier molecular flexibility index (Phi) is 6.52. The smallest absolute Gasteiger partial charge is 0.251 e. The van der Waals surface area contributed by atoms with Gasteiger partial charge in [-0.2, -0.15) is 0 Å². The molecule has 26 heavy (non-hydrogen) atoms. The lowest BCUT2D eigenvalue weighted by Crippen LogP contribution is -2.25. The molecule has 0 atom stereocenters. The van der Waals surface area contributed by atoms with Gasteiger partial charge in [0.1, 0.15) is 10.6 Å². The summed E-state index contributed by atoms with van der Waals surface area (Å²) in [6.45, 7) is 0.177. The molecule has 140 valence electrons. The van der Waals surface area contributed by atoms with Crippen molar-refractivity contribution >= 4 is 39.1 Å². The topological polar surface area (TPSA) is 75.7 Å². The summed E-state index contributed by atoms with van der Waals surface area (Å²) in [4.78, 5) is 12.3. The number of carbonyl (C=O) groups excluding carboxylic acids is 1. The number of hydrogen-bond acceptors (Lipinski definition) is 4. The molecule has 2 aromatic rings. The second-order valence-corrected chi connectivity index (χ2v) is 8.54. The lowest BCUT2D eigenvalue weighted by atomic mass is 10.2. The molecular formula is C17H18Cl2N2O4S. The van der Waals surface area contributed by atoms with Crippen LogP contribution in [0, 0.1) is 0 Å². The van der Waals surface area contributed by atoms with Gasteiger partial charge in [-0.1, -0.05) is 29.3 Å². The maximum Gasteiger partial charge on any atom is 0.251 e. The summed E-state index contributed by atoms with van der Waals surface area (Å²) < 4.78 is 31.0. The molecule has 0 aliphatic rings. The summed E-state index contributed by atoms with van der Waals surface area (Å²) in [5.74, 6) is -0.273. The van der Waals surface area contributed by atoms with Crippen LogP contribution in [0.1, 0.15) is 15.9 Å². The van der Waals surface area contributed by atoms with E-state index in [0.717, 1.165) is 4.31 Å². The number of methoxy groups -OCH3 is 1. The molecule has 1 amide bonds. The summed E-state index contributed by atoms with van der Waals surface area (Å²) >= 11 is 11.9. The van der Waals surface area contributed by atoms with Crippen molar-refractivity contribution in [2.24, 2.45) is 0 Å². The zero-order valence-corrected chi connectivity index (χ0v) is 16.7. The molecule has 0 aliphatic heterocycles. The van der Waals surface area contributed by atoms with E-state index in [-0.39, 0.29) is 22.8 Å². The number of nitrogens with one attached hydrogen (secondary N) is 1. The SMILES string of the molecule is COc1ccc(C(=O)NCc2ccc(Cl)cc2Cl)cc1S(=O)(=O)N(C)C. The van der Waals surface area contributed by atoms with Gasteiger partial charge in [0.2, 0.25) is 10.0 Å². The van der Waals surface area contributed by atoms with Crippen LogP contribution in [0.2, 0.25) is 10.0 Å². The lowest BCUT2D eigenvalue weighted by molar-refractivity contribution is 0.0950. The highest BCUT2D eigenvalue weighted by molar-refractivity contribution is 7.89. The highest BCUT2D eigenvalue weighted by Gasteiger charge is 2.23. The fourth-order valence-corrected chi connectivity index (χ4v) is 3.71. The first-order chi connectivity index (χ1) is 12.2. The van der Waals surface area contributed by atoms with E-state index >= 15 is 0 Å². The van der Waals surface area contributed by atoms with Crippen molar-refractivity contribution in [1.82, 2.24) is 9.62 Å². The van der Waals surface area contributed by atoms with Crippen LogP contribution in [0.5, 0.6) is 5.75 Å². The van der Waals surface area contributed by atoms with Crippen molar-refractivity contribution in [2.45, 2.75) is 11.4 Å². The average Bonchev–Trinajstić information content (AvgIpc) is 2.60. The van der Waals surface area contributed by atoms with Gasteiger partial charge < -0.3 is 10.1 Å². The molecule has 9 heteroatoms. The van der Waals surface area contributed by atoms with Crippen LogP contribution in [0.4, 0.5) is 0 Å². The molecule has 2 rings (SSSR count). The molecule has 0 fully saturated rings. The van der Waals surface area contributed by atoms with Gasteiger partial charge in [0.15, 0.2) is 0 Å². The Balaban J connectivity index is 2.27. The number of benzene rings is 2. The Hall–Kier alpha value is -1.80. The van der Waals surface area contributed by atoms with Gasteiger partial charge in [0, 0.05) is 36.2 Å². The van der Waals surface area contributed by atoms with Crippen LogP contribution >= 0.6 is 23.2 Å². The molecule has 0 unspecified atom stereocenters. The Morgan fingerprint density at radius 2 is 1.85 bits per heavy atom. The van der Waals surface area contributed by atoms with Crippen molar-refractivity contribution in [3.63, 3.8) is 0 Å². The summed E-state index contributed by atoms with van der Waals surface area (Å²) in [6.07, 6.45) is 0. The summed E-state index contributed by atoms with van der Waals surface area (Å²) in [5.41, 5.74) is 0.885. The number of ether oxygens (including phenoxy) is 1. The number of sulfonamides is 1. The van der Waals surface area contributed by atoms with Crippen molar-refractivity contribution < 1.29 is 17.9 Å². The van der Waals surface area contributed by atoms with E-state index < -0.39 is 15.9 Å². The minimum absolute atomic E-state index is 0.0813. The van der Waals surface area contributed by atoms with Gasteiger partial charge in [0.05, 0.1) is 7.11 Å². The van der Waals surface area contributed by atoms with Gasteiger partial charge in [-0.25, -0.2) is 12.7 Å². The van der Waals surface area contributed by atoms with Crippen molar-refractivity contribution in [2.75, 3.05) is 21.2 Å². The average molecular weight is 417 g/mol. The normalized spacial score (nSPS) is 11.5. The molecule has 6 nitrogen and oxygen atoms in total. The number of nitrogens with zero attached hydrogens (tertiary/aromatic N) is 1. The predicted octanol–water partition coefficient (Wildman–Crippen LogP) is 3.18. The number of carbonyl (C=O) groups is 1. The van der Waals surface area contributed by atoms with Crippen LogP contribution in [0.25, 0.3) is 0 Å². The third-order valence-corrected chi connectivity index (χ3v) is 6.06. The minimum atomic E-state index is -3.76. The first-order valence-corrected chi connectivity index (χ1v) is 9.69. The minimum Gasteiger partial charge on any atom is -0.495 e. The maximum absolute atomic E-state index is 12.4. The van der Waals surface area contributed by atoms with Gasteiger partial charge in [0.25, 0.3) is 5.91 Å². The van der Waals surface area contributed by atoms with E-state index in [1.54, 1.807) is 18.2 Å². The lowest BCUT2D eigenvalue weighted by Gasteiger charge is -2.15. The Labute approximate surface area is 162 Å². The van der Waals surface area contributed by atoms with Crippen LogP contribution in [0.3, 0.4) is 0 Å². The van der Waals surface area contributed by atoms with E-state index in [1.165, 1.54) is 39.4 Å².